The number of rotatable bonds is 5. The first kappa shape index (κ1) is 17.5. The summed E-state index contributed by atoms with van der Waals surface area (Å²) in [6.07, 6.45) is 0.617. The zero-order valence-corrected chi connectivity index (χ0v) is 14.3. The molecule has 1 aromatic carbocycles. The lowest BCUT2D eigenvalue weighted by atomic mass is 9.99. The Morgan fingerprint density at radius 1 is 1.27 bits per heavy atom. The number of β-amino-alcohol motifs (C(OH)–C–C–N with tert-alkyl or cyclic N) is 1. The topological polar surface area (TPSA) is 43.8 Å². The molecule has 1 N–H and O–H groups in total. The molecule has 22 heavy (non-hydrogen) atoms. The van der Waals surface area contributed by atoms with Crippen LogP contribution in [-0.4, -0.2) is 60.1 Å². The fourth-order valence-corrected chi connectivity index (χ4v) is 3.24. The molecule has 0 saturated carbocycles. The van der Waals surface area contributed by atoms with Crippen LogP contribution in [0.1, 0.15) is 12.5 Å². The molecule has 0 radical (unpaired) electrons. The van der Waals surface area contributed by atoms with Gasteiger partial charge in [-0.15, -0.1) is 0 Å². The minimum atomic E-state index is -0.108. The first-order valence-electron chi connectivity index (χ1n) is 7.57. The average molecular weight is 345 g/mol. The zero-order valence-electron chi connectivity index (χ0n) is 12.8. The normalized spacial score (nSPS) is 17.5. The van der Waals surface area contributed by atoms with Crippen molar-refractivity contribution in [1.29, 1.82) is 0 Å². The Kier molecular flexibility index (Phi) is 6.50. The van der Waals surface area contributed by atoms with Gasteiger partial charge in [-0.25, -0.2) is 0 Å². The number of carbonyl (C=O) groups excluding carboxylic acids is 1. The van der Waals surface area contributed by atoms with Crippen LogP contribution in [0.15, 0.2) is 18.2 Å². The molecule has 1 fully saturated rings. The first-order valence-corrected chi connectivity index (χ1v) is 8.32. The van der Waals surface area contributed by atoms with Crippen molar-refractivity contribution in [3.63, 3.8) is 0 Å². The molecule has 1 unspecified atom stereocenters. The second-order valence-corrected chi connectivity index (χ2v) is 6.58. The van der Waals surface area contributed by atoms with Crippen LogP contribution in [0, 0.1) is 5.92 Å². The van der Waals surface area contributed by atoms with Crippen LogP contribution in [0.4, 0.5) is 0 Å². The molecule has 1 saturated heterocycles. The standard InChI is InChI=1S/C16H22Cl2N2O2/c1-12(10-13-2-3-14(17)11-15(13)18)16(22)20-6-4-19(5-7-20)8-9-21/h2-3,11-12,21H,4-10H2,1H3. The van der Waals surface area contributed by atoms with E-state index in [1.165, 1.54) is 0 Å². The van der Waals surface area contributed by atoms with Crippen molar-refractivity contribution in [3.05, 3.63) is 33.8 Å². The maximum atomic E-state index is 12.5. The minimum Gasteiger partial charge on any atom is -0.395 e. The molecule has 4 nitrogen and oxygen atoms in total. The van der Waals surface area contributed by atoms with E-state index in [1.54, 1.807) is 12.1 Å². The summed E-state index contributed by atoms with van der Waals surface area (Å²) in [5.74, 6) is 0.0535. The van der Waals surface area contributed by atoms with Gasteiger partial charge in [0.15, 0.2) is 0 Å². The quantitative estimate of drug-likeness (QED) is 0.891. The number of carbonyl (C=O) groups is 1. The number of halogens is 2. The lowest BCUT2D eigenvalue weighted by Gasteiger charge is -2.35. The van der Waals surface area contributed by atoms with E-state index < -0.39 is 0 Å². The van der Waals surface area contributed by atoms with Gasteiger partial charge in [-0.3, -0.25) is 9.69 Å². The maximum Gasteiger partial charge on any atom is 0.225 e. The molecule has 1 aromatic rings. The number of nitrogens with zero attached hydrogens (tertiary/aromatic N) is 2. The van der Waals surface area contributed by atoms with Crippen molar-refractivity contribution in [1.82, 2.24) is 9.80 Å². The largest absolute Gasteiger partial charge is 0.395 e. The number of piperazine rings is 1. The third kappa shape index (κ3) is 4.59. The predicted molar refractivity (Wildman–Crippen MR) is 89.4 cm³/mol. The van der Waals surface area contributed by atoms with Gasteiger partial charge >= 0.3 is 0 Å². The van der Waals surface area contributed by atoms with E-state index in [0.717, 1.165) is 31.7 Å². The number of aliphatic hydroxyl groups excluding tert-OH is 1. The van der Waals surface area contributed by atoms with Gasteiger partial charge in [0.2, 0.25) is 5.91 Å². The smallest absolute Gasteiger partial charge is 0.225 e. The van der Waals surface area contributed by atoms with E-state index in [2.05, 4.69) is 4.90 Å². The molecule has 6 heteroatoms. The van der Waals surface area contributed by atoms with Crippen molar-refractivity contribution < 1.29 is 9.90 Å². The van der Waals surface area contributed by atoms with Gasteiger partial charge < -0.3 is 10.0 Å². The van der Waals surface area contributed by atoms with E-state index in [9.17, 15) is 4.79 Å². The average Bonchev–Trinajstić information content (AvgIpc) is 2.50. The fourth-order valence-electron chi connectivity index (χ4n) is 2.75. The molecule has 1 atom stereocenters. The Bertz CT molecular complexity index is 517. The summed E-state index contributed by atoms with van der Waals surface area (Å²) in [6, 6.07) is 5.39. The summed E-state index contributed by atoms with van der Waals surface area (Å²) < 4.78 is 0. The minimum absolute atomic E-state index is 0.108. The van der Waals surface area contributed by atoms with Gasteiger partial charge in [0.1, 0.15) is 0 Å². The molecule has 1 heterocycles. The van der Waals surface area contributed by atoms with Gasteiger partial charge in [0, 0.05) is 48.7 Å². The predicted octanol–water partition coefficient (Wildman–Crippen LogP) is 2.31. The number of amides is 1. The van der Waals surface area contributed by atoms with Crippen molar-refractivity contribution in [2.75, 3.05) is 39.3 Å². The Morgan fingerprint density at radius 2 is 1.95 bits per heavy atom. The highest BCUT2D eigenvalue weighted by atomic mass is 35.5. The summed E-state index contributed by atoms with van der Waals surface area (Å²) in [6.45, 7) is 5.86. The monoisotopic (exact) mass is 344 g/mol. The van der Waals surface area contributed by atoms with Crippen molar-refractivity contribution in [2.45, 2.75) is 13.3 Å². The van der Waals surface area contributed by atoms with E-state index in [0.29, 0.717) is 23.0 Å². The fraction of sp³-hybridized carbons (Fsp3) is 0.562. The van der Waals surface area contributed by atoms with Crippen LogP contribution in [0.5, 0.6) is 0 Å². The molecular formula is C16H22Cl2N2O2. The van der Waals surface area contributed by atoms with Gasteiger partial charge in [-0.05, 0) is 24.1 Å². The highest BCUT2D eigenvalue weighted by molar-refractivity contribution is 6.35. The lowest BCUT2D eigenvalue weighted by molar-refractivity contribution is -0.136. The van der Waals surface area contributed by atoms with Gasteiger partial charge in [0.05, 0.1) is 6.61 Å². The molecule has 0 spiro atoms. The van der Waals surface area contributed by atoms with E-state index in [4.69, 9.17) is 28.3 Å². The van der Waals surface area contributed by atoms with E-state index in [1.807, 2.05) is 17.9 Å². The lowest BCUT2D eigenvalue weighted by Crippen LogP contribution is -2.50. The van der Waals surface area contributed by atoms with Crippen molar-refractivity contribution >= 4 is 29.1 Å². The summed E-state index contributed by atoms with van der Waals surface area (Å²) in [4.78, 5) is 16.6. The number of hydrogen-bond acceptors (Lipinski definition) is 3. The molecular weight excluding hydrogens is 323 g/mol. The first-order chi connectivity index (χ1) is 10.5. The van der Waals surface area contributed by atoms with Gasteiger partial charge in [0.25, 0.3) is 0 Å². The Balaban J connectivity index is 1.90. The van der Waals surface area contributed by atoms with Gasteiger partial charge in [-0.2, -0.15) is 0 Å². The van der Waals surface area contributed by atoms with E-state index in [-0.39, 0.29) is 18.4 Å². The molecule has 0 bridgehead atoms. The number of hydrogen-bond donors (Lipinski definition) is 1. The molecule has 122 valence electrons. The summed E-state index contributed by atoms with van der Waals surface area (Å²) in [5, 5.41) is 10.2. The Labute approximate surface area is 141 Å². The number of aliphatic hydroxyl groups is 1. The summed E-state index contributed by atoms with van der Waals surface area (Å²) >= 11 is 12.1. The van der Waals surface area contributed by atoms with Gasteiger partial charge in [-0.1, -0.05) is 36.2 Å². The van der Waals surface area contributed by atoms with Crippen molar-refractivity contribution in [3.8, 4) is 0 Å². The second-order valence-electron chi connectivity index (χ2n) is 5.73. The third-order valence-electron chi connectivity index (χ3n) is 4.06. The van der Waals surface area contributed by atoms with Crippen LogP contribution < -0.4 is 0 Å². The third-order valence-corrected chi connectivity index (χ3v) is 4.65. The van der Waals surface area contributed by atoms with Crippen LogP contribution in [-0.2, 0) is 11.2 Å². The summed E-state index contributed by atoms with van der Waals surface area (Å²) in [5.41, 5.74) is 0.950. The van der Waals surface area contributed by atoms with Crippen molar-refractivity contribution in [2.24, 2.45) is 5.92 Å². The molecule has 1 aliphatic rings. The SMILES string of the molecule is CC(Cc1ccc(Cl)cc1Cl)C(=O)N1CCN(CCO)CC1. The molecule has 0 aliphatic carbocycles. The van der Waals surface area contributed by atoms with Crippen LogP contribution in [0.3, 0.4) is 0 Å². The highest BCUT2D eigenvalue weighted by Crippen LogP contribution is 2.24. The maximum absolute atomic E-state index is 12.5. The molecule has 0 aromatic heterocycles. The van der Waals surface area contributed by atoms with Crippen LogP contribution in [0.25, 0.3) is 0 Å². The molecule has 1 aliphatic heterocycles. The number of benzene rings is 1. The van der Waals surface area contributed by atoms with Crippen LogP contribution >= 0.6 is 23.2 Å². The zero-order chi connectivity index (χ0) is 16.1. The second kappa shape index (κ2) is 8.16. The van der Waals surface area contributed by atoms with Crippen LogP contribution in [0.2, 0.25) is 10.0 Å². The Hall–Kier alpha value is -0.810. The highest BCUT2D eigenvalue weighted by Gasteiger charge is 2.25. The Morgan fingerprint density at radius 3 is 2.55 bits per heavy atom. The molecule has 1 amide bonds. The molecule has 2 rings (SSSR count). The van der Waals surface area contributed by atoms with E-state index >= 15 is 0 Å². The summed E-state index contributed by atoms with van der Waals surface area (Å²) in [7, 11) is 0.